The molecular weight excluding hydrogens is 371 g/mol. The van der Waals surface area contributed by atoms with Crippen LogP contribution in [0.3, 0.4) is 0 Å². The first-order valence-corrected chi connectivity index (χ1v) is 9.05. The molecule has 0 radical (unpaired) electrons. The Morgan fingerprint density at radius 2 is 1.41 bits per heavy atom. The van der Waals surface area contributed by atoms with Crippen LogP contribution in [0.15, 0.2) is 66.7 Å². The highest BCUT2D eigenvalue weighted by atomic mass is 19.1. The Morgan fingerprint density at radius 1 is 0.862 bits per heavy atom. The summed E-state index contributed by atoms with van der Waals surface area (Å²) in [5.74, 6) is -0.804. The van der Waals surface area contributed by atoms with Crippen molar-refractivity contribution in [1.29, 1.82) is 0 Å². The van der Waals surface area contributed by atoms with E-state index in [0.29, 0.717) is 16.9 Å². The van der Waals surface area contributed by atoms with Crippen LogP contribution in [-0.4, -0.2) is 23.5 Å². The summed E-state index contributed by atoms with van der Waals surface area (Å²) in [6, 6.07) is 18.1. The third-order valence-corrected chi connectivity index (χ3v) is 4.94. The van der Waals surface area contributed by atoms with Crippen molar-refractivity contribution in [2.45, 2.75) is 6.92 Å². The van der Waals surface area contributed by atoms with Gasteiger partial charge in [0.25, 0.3) is 0 Å². The standard InChI is InChI=1S/C24H17FO4/c1-14(26)15-2-4-16(5-3-15)23(17-6-8-18(9-7-17)24(27)28)21-13-29-22-11-10-19(25)12-20(21)22/h2-12H,13H2,1H3,(H,27,28)/b23-21-. The van der Waals surface area contributed by atoms with Crippen LogP contribution in [0.4, 0.5) is 4.39 Å². The van der Waals surface area contributed by atoms with Gasteiger partial charge in [-0.05, 0) is 54.0 Å². The van der Waals surface area contributed by atoms with Crippen LogP contribution in [-0.2, 0) is 0 Å². The van der Waals surface area contributed by atoms with E-state index in [0.717, 1.165) is 22.3 Å². The number of carboxylic acids is 1. The topological polar surface area (TPSA) is 63.6 Å². The number of ether oxygens (including phenoxy) is 1. The van der Waals surface area contributed by atoms with Crippen LogP contribution in [0.25, 0.3) is 11.1 Å². The summed E-state index contributed by atoms with van der Waals surface area (Å²) in [7, 11) is 0. The molecule has 1 aliphatic rings. The number of Topliss-reactive ketones (excluding diaryl/α,β-unsaturated/α-hetero) is 1. The molecule has 0 bridgehead atoms. The number of rotatable bonds is 4. The lowest BCUT2D eigenvalue weighted by Gasteiger charge is -2.13. The lowest BCUT2D eigenvalue weighted by Crippen LogP contribution is -2.00. The summed E-state index contributed by atoms with van der Waals surface area (Å²) in [5.41, 5.74) is 4.65. The fourth-order valence-electron chi connectivity index (χ4n) is 3.46. The van der Waals surface area contributed by atoms with E-state index in [2.05, 4.69) is 0 Å². The SMILES string of the molecule is CC(=O)c1ccc(/C(=C2\COc3ccc(F)cc32)c2ccc(C(=O)O)cc2)cc1. The number of carbonyl (C=O) groups is 2. The maximum absolute atomic E-state index is 13.9. The molecule has 4 nitrogen and oxygen atoms in total. The van der Waals surface area contributed by atoms with Gasteiger partial charge < -0.3 is 9.84 Å². The van der Waals surface area contributed by atoms with Crippen molar-refractivity contribution in [2.75, 3.05) is 6.61 Å². The molecule has 29 heavy (non-hydrogen) atoms. The Hall–Kier alpha value is -3.73. The fraction of sp³-hybridized carbons (Fsp3) is 0.0833. The van der Waals surface area contributed by atoms with E-state index in [1.807, 2.05) is 12.1 Å². The molecule has 0 saturated heterocycles. The van der Waals surface area contributed by atoms with Crippen molar-refractivity contribution in [2.24, 2.45) is 0 Å². The third kappa shape index (κ3) is 3.55. The Labute approximate surface area is 166 Å². The predicted molar refractivity (Wildman–Crippen MR) is 108 cm³/mol. The Balaban J connectivity index is 1.92. The van der Waals surface area contributed by atoms with Crippen LogP contribution < -0.4 is 4.74 Å². The van der Waals surface area contributed by atoms with Gasteiger partial charge in [-0.1, -0.05) is 36.4 Å². The van der Waals surface area contributed by atoms with Gasteiger partial charge in [-0.25, -0.2) is 9.18 Å². The summed E-state index contributed by atoms with van der Waals surface area (Å²) in [6.07, 6.45) is 0. The molecule has 1 heterocycles. The molecule has 4 rings (SSSR count). The zero-order valence-corrected chi connectivity index (χ0v) is 15.6. The second kappa shape index (κ2) is 7.36. The van der Waals surface area contributed by atoms with Crippen molar-refractivity contribution in [3.05, 3.63) is 100 Å². The van der Waals surface area contributed by atoms with Crippen LogP contribution in [0.2, 0.25) is 0 Å². The zero-order chi connectivity index (χ0) is 20.5. The molecule has 0 aliphatic carbocycles. The van der Waals surface area contributed by atoms with Crippen molar-refractivity contribution in [3.8, 4) is 5.75 Å². The fourth-order valence-corrected chi connectivity index (χ4v) is 3.46. The van der Waals surface area contributed by atoms with Crippen LogP contribution >= 0.6 is 0 Å². The number of ketones is 1. The Bertz CT molecular complexity index is 1080. The molecule has 0 amide bonds. The van der Waals surface area contributed by atoms with E-state index < -0.39 is 5.97 Å². The lowest BCUT2D eigenvalue weighted by molar-refractivity contribution is 0.0696. The predicted octanol–water partition coefficient (Wildman–Crippen LogP) is 5.08. The normalized spacial score (nSPS) is 14.1. The van der Waals surface area contributed by atoms with Crippen LogP contribution in [0.1, 0.15) is 44.3 Å². The third-order valence-electron chi connectivity index (χ3n) is 4.94. The molecule has 5 heteroatoms. The number of hydrogen-bond acceptors (Lipinski definition) is 3. The maximum Gasteiger partial charge on any atom is 0.335 e. The minimum absolute atomic E-state index is 0.0341. The zero-order valence-electron chi connectivity index (χ0n) is 15.6. The first kappa shape index (κ1) is 18.6. The molecule has 144 valence electrons. The molecule has 0 atom stereocenters. The lowest BCUT2D eigenvalue weighted by atomic mass is 9.89. The molecule has 0 aromatic heterocycles. The largest absolute Gasteiger partial charge is 0.488 e. The Kier molecular flexibility index (Phi) is 4.72. The van der Waals surface area contributed by atoms with Gasteiger partial charge >= 0.3 is 5.97 Å². The average Bonchev–Trinajstić information content (AvgIpc) is 3.12. The number of benzene rings is 3. The van der Waals surface area contributed by atoms with E-state index in [1.165, 1.54) is 31.2 Å². The van der Waals surface area contributed by atoms with E-state index in [9.17, 15) is 19.1 Å². The number of hydrogen-bond donors (Lipinski definition) is 1. The minimum atomic E-state index is -1.01. The highest BCUT2D eigenvalue weighted by Gasteiger charge is 2.24. The van der Waals surface area contributed by atoms with Crippen LogP contribution in [0, 0.1) is 5.82 Å². The van der Waals surface area contributed by atoms with Crippen molar-refractivity contribution < 1.29 is 23.8 Å². The van der Waals surface area contributed by atoms with Gasteiger partial charge in [0.05, 0.1) is 5.56 Å². The number of carbonyl (C=O) groups excluding carboxylic acids is 1. The van der Waals surface area contributed by atoms with Gasteiger partial charge in [0.1, 0.15) is 18.2 Å². The molecular formula is C24H17FO4. The number of fused-ring (bicyclic) bond motifs is 1. The summed E-state index contributed by atoms with van der Waals surface area (Å²) >= 11 is 0. The summed E-state index contributed by atoms with van der Waals surface area (Å²) in [5, 5.41) is 9.18. The minimum Gasteiger partial charge on any atom is -0.488 e. The number of carboxylic acid groups (broad SMARTS) is 1. The van der Waals surface area contributed by atoms with E-state index in [4.69, 9.17) is 4.74 Å². The molecule has 3 aromatic carbocycles. The van der Waals surface area contributed by atoms with Gasteiger partial charge in [0.15, 0.2) is 5.78 Å². The van der Waals surface area contributed by atoms with E-state index in [-0.39, 0.29) is 23.8 Å². The highest BCUT2D eigenvalue weighted by Crippen LogP contribution is 2.41. The summed E-state index contributed by atoms with van der Waals surface area (Å²) < 4.78 is 19.6. The monoisotopic (exact) mass is 388 g/mol. The summed E-state index contributed by atoms with van der Waals surface area (Å²) in [4.78, 5) is 22.8. The van der Waals surface area contributed by atoms with Gasteiger partial charge in [0.2, 0.25) is 0 Å². The quantitative estimate of drug-likeness (QED) is 0.633. The maximum atomic E-state index is 13.9. The average molecular weight is 388 g/mol. The van der Waals surface area contributed by atoms with Gasteiger partial charge in [-0.2, -0.15) is 0 Å². The molecule has 0 spiro atoms. The number of aromatic carboxylic acids is 1. The molecule has 1 N–H and O–H groups in total. The second-order valence-electron chi connectivity index (χ2n) is 6.80. The van der Waals surface area contributed by atoms with Gasteiger partial charge in [-0.3, -0.25) is 4.79 Å². The molecule has 1 aliphatic heterocycles. The van der Waals surface area contributed by atoms with E-state index in [1.54, 1.807) is 30.3 Å². The van der Waals surface area contributed by atoms with Crippen molar-refractivity contribution >= 4 is 22.9 Å². The van der Waals surface area contributed by atoms with Gasteiger partial charge in [0, 0.05) is 16.7 Å². The smallest absolute Gasteiger partial charge is 0.335 e. The van der Waals surface area contributed by atoms with Crippen molar-refractivity contribution in [1.82, 2.24) is 0 Å². The van der Waals surface area contributed by atoms with Crippen LogP contribution in [0.5, 0.6) is 5.75 Å². The Morgan fingerprint density at radius 3 is 1.97 bits per heavy atom. The molecule has 0 saturated carbocycles. The molecule has 3 aromatic rings. The molecule has 0 unspecified atom stereocenters. The number of halogens is 1. The summed E-state index contributed by atoms with van der Waals surface area (Å²) in [6.45, 7) is 1.77. The first-order valence-electron chi connectivity index (χ1n) is 9.05. The highest BCUT2D eigenvalue weighted by molar-refractivity contribution is 6.02. The van der Waals surface area contributed by atoms with Gasteiger partial charge in [-0.15, -0.1) is 0 Å². The first-order chi connectivity index (χ1) is 13.9. The molecule has 0 fully saturated rings. The second-order valence-corrected chi connectivity index (χ2v) is 6.80. The van der Waals surface area contributed by atoms with Crippen molar-refractivity contribution in [3.63, 3.8) is 0 Å². The van der Waals surface area contributed by atoms with E-state index >= 15 is 0 Å².